The van der Waals surface area contributed by atoms with Crippen molar-refractivity contribution in [3.63, 3.8) is 0 Å². The number of carboxylic acids is 1. The van der Waals surface area contributed by atoms with Crippen molar-refractivity contribution in [1.82, 2.24) is 0 Å². The number of rotatable bonds is 6. The van der Waals surface area contributed by atoms with E-state index in [9.17, 15) is 4.79 Å². The monoisotopic (exact) mass is 243 g/mol. The van der Waals surface area contributed by atoms with Gasteiger partial charge in [0.05, 0.1) is 11.6 Å². The van der Waals surface area contributed by atoms with Crippen LogP contribution in [0.25, 0.3) is 0 Å². The van der Waals surface area contributed by atoms with Crippen LogP contribution >= 0.6 is 11.6 Å². The second-order valence-corrected chi connectivity index (χ2v) is 3.80. The first-order valence-corrected chi connectivity index (χ1v) is 5.37. The molecule has 0 heterocycles. The number of hydrogen-bond acceptors (Lipinski definition) is 3. The van der Waals surface area contributed by atoms with E-state index in [4.69, 9.17) is 27.2 Å². The highest BCUT2D eigenvalue weighted by atomic mass is 35.5. The summed E-state index contributed by atoms with van der Waals surface area (Å²) >= 11 is 5.88. The topological polar surface area (TPSA) is 72.5 Å². The summed E-state index contributed by atoms with van der Waals surface area (Å²) in [7, 11) is 0. The normalized spacial score (nSPS) is 10.1. The Morgan fingerprint density at radius 3 is 2.88 bits per heavy atom. The van der Waals surface area contributed by atoms with Gasteiger partial charge in [0, 0.05) is 18.2 Å². The molecule has 3 N–H and O–H groups in total. The maximum atomic E-state index is 10.3. The number of unbranched alkanes of at least 4 members (excludes halogenated alkanes) is 1. The number of benzene rings is 1. The Hall–Kier alpha value is -1.42. The number of hydrogen-bond donors (Lipinski definition) is 2. The van der Waals surface area contributed by atoms with E-state index in [2.05, 4.69) is 0 Å². The molecule has 0 aliphatic heterocycles. The third-order valence-electron chi connectivity index (χ3n) is 2.00. The van der Waals surface area contributed by atoms with Gasteiger partial charge in [0.15, 0.2) is 0 Å². The Labute approximate surface area is 99.0 Å². The molecule has 0 atom stereocenters. The molecule has 0 bridgehead atoms. The van der Waals surface area contributed by atoms with Gasteiger partial charge in [-0.15, -0.1) is 0 Å². The molecule has 0 amide bonds. The molecule has 0 radical (unpaired) electrons. The van der Waals surface area contributed by atoms with Crippen molar-refractivity contribution in [3.8, 4) is 5.75 Å². The molecule has 0 saturated carbocycles. The lowest BCUT2D eigenvalue weighted by atomic mass is 10.2. The second kappa shape index (κ2) is 6.23. The Morgan fingerprint density at radius 1 is 1.44 bits per heavy atom. The van der Waals surface area contributed by atoms with Crippen LogP contribution in [0.2, 0.25) is 5.02 Å². The van der Waals surface area contributed by atoms with Crippen molar-refractivity contribution >= 4 is 23.3 Å². The van der Waals surface area contributed by atoms with Crippen molar-refractivity contribution in [3.05, 3.63) is 23.2 Å². The third-order valence-corrected chi connectivity index (χ3v) is 2.31. The summed E-state index contributed by atoms with van der Waals surface area (Å²) in [6.45, 7) is 0.441. The lowest BCUT2D eigenvalue weighted by Gasteiger charge is -2.08. The summed E-state index contributed by atoms with van der Waals surface area (Å²) in [5.74, 6) is -0.251. The summed E-state index contributed by atoms with van der Waals surface area (Å²) in [6.07, 6.45) is 1.43. The van der Waals surface area contributed by atoms with Crippen molar-refractivity contribution in [2.45, 2.75) is 19.3 Å². The number of nitrogens with two attached hydrogens (primary N) is 1. The third kappa shape index (κ3) is 4.40. The van der Waals surface area contributed by atoms with Gasteiger partial charge in [-0.3, -0.25) is 4.79 Å². The number of ether oxygens (including phenoxy) is 1. The predicted molar refractivity (Wildman–Crippen MR) is 62.8 cm³/mol. The zero-order chi connectivity index (χ0) is 12.0. The van der Waals surface area contributed by atoms with Crippen molar-refractivity contribution in [2.24, 2.45) is 0 Å². The van der Waals surface area contributed by atoms with Crippen LogP contribution in [-0.4, -0.2) is 17.7 Å². The molecule has 16 heavy (non-hydrogen) atoms. The molecular weight excluding hydrogens is 230 g/mol. The van der Waals surface area contributed by atoms with Gasteiger partial charge in [0.25, 0.3) is 0 Å². The molecule has 0 aromatic heterocycles. The van der Waals surface area contributed by atoms with Gasteiger partial charge < -0.3 is 15.6 Å². The van der Waals surface area contributed by atoms with E-state index in [0.29, 0.717) is 35.9 Å². The summed E-state index contributed by atoms with van der Waals surface area (Å²) in [5, 5.41) is 8.94. The van der Waals surface area contributed by atoms with Crippen molar-refractivity contribution in [2.75, 3.05) is 12.3 Å². The van der Waals surface area contributed by atoms with E-state index in [0.717, 1.165) is 0 Å². The molecule has 5 heteroatoms. The van der Waals surface area contributed by atoms with E-state index < -0.39 is 5.97 Å². The summed E-state index contributed by atoms with van der Waals surface area (Å²) < 4.78 is 5.39. The zero-order valence-electron chi connectivity index (χ0n) is 8.78. The number of aliphatic carboxylic acids is 1. The lowest BCUT2D eigenvalue weighted by molar-refractivity contribution is -0.137. The Bertz CT molecular complexity index is 368. The number of carboxylic acid groups (broad SMARTS) is 1. The fourth-order valence-electron chi connectivity index (χ4n) is 1.19. The number of anilines is 1. The van der Waals surface area contributed by atoms with Crippen LogP contribution in [0, 0.1) is 0 Å². The van der Waals surface area contributed by atoms with Crippen LogP contribution in [0.15, 0.2) is 18.2 Å². The molecule has 88 valence electrons. The molecule has 0 unspecified atom stereocenters. The molecule has 1 aromatic carbocycles. The smallest absolute Gasteiger partial charge is 0.303 e. The molecule has 4 nitrogen and oxygen atoms in total. The van der Waals surface area contributed by atoms with E-state index in [1.54, 1.807) is 18.2 Å². The highest BCUT2D eigenvalue weighted by molar-refractivity contribution is 6.32. The van der Waals surface area contributed by atoms with Crippen LogP contribution in [0.4, 0.5) is 5.69 Å². The van der Waals surface area contributed by atoms with Gasteiger partial charge in [-0.05, 0) is 25.0 Å². The van der Waals surface area contributed by atoms with Crippen LogP contribution in [0.5, 0.6) is 5.75 Å². The van der Waals surface area contributed by atoms with Crippen LogP contribution in [-0.2, 0) is 4.79 Å². The SMILES string of the molecule is Nc1ccc(Cl)c(OCCCCC(=O)O)c1. The number of halogens is 1. The van der Waals surface area contributed by atoms with Gasteiger partial charge in [-0.2, -0.15) is 0 Å². The fourth-order valence-corrected chi connectivity index (χ4v) is 1.36. The average molecular weight is 244 g/mol. The Kier molecular flexibility index (Phi) is 4.92. The molecular formula is C11H14ClNO3. The van der Waals surface area contributed by atoms with E-state index >= 15 is 0 Å². The predicted octanol–water partition coefficient (Wildman–Crippen LogP) is 2.56. The lowest BCUT2D eigenvalue weighted by Crippen LogP contribution is -2.01. The van der Waals surface area contributed by atoms with Crippen LogP contribution in [0.3, 0.4) is 0 Å². The highest BCUT2D eigenvalue weighted by Gasteiger charge is 2.02. The largest absolute Gasteiger partial charge is 0.492 e. The van der Waals surface area contributed by atoms with Gasteiger partial charge in [0.1, 0.15) is 5.75 Å². The standard InChI is InChI=1S/C11H14ClNO3/c12-9-5-4-8(13)7-10(9)16-6-2-1-3-11(14)15/h4-5,7H,1-3,6,13H2,(H,14,15). The van der Waals surface area contributed by atoms with Crippen LogP contribution < -0.4 is 10.5 Å². The summed E-state index contributed by atoms with van der Waals surface area (Å²) in [4.78, 5) is 10.3. The summed E-state index contributed by atoms with van der Waals surface area (Å²) in [5.41, 5.74) is 6.17. The first kappa shape index (κ1) is 12.6. The molecule has 1 rings (SSSR count). The fraction of sp³-hybridized carbons (Fsp3) is 0.364. The van der Waals surface area contributed by atoms with E-state index in [1.807, 2.05) is 0 Å². The number of carbonyl (C=O) groups is 1. The quantitative estimate of drug-likeness (QED) is 0.595. The van der Waals surface area contributed by atoms with Gasteiger partial charge in [0.2, 0.25) is 0 Å². The van der Waals surface area contributed by atoms with E-state index in [-0.39, 0.29) is 6.42 Å². The van der Waals surface area contributed by atoms with Gasteiger partial charge in [-0.25, -0.2) is 0 Å². The maximum absolute atomic E-state index is 10.3. The van der Waals surface area contributed by atoms with E-state index in [1.165, 1.54) is 0 Å². The maximum Gasteiger partial charge on any atom is 0.303 e. The van der Waals surface area contributed by atoms with Crippen molar-refractivity contribution in [1.29, 1.82) is 0 Å². The molecule has 0 saturated heterocycles. The Balaban J connectivity index is 2.31. The second-order valence-electron chi connectivity index (χ2n) is 3.39. The summed E-state index contributed by atoms with van der Waals surface area (Å²) in [6, 6.07) is 5.02. The van der Waals surface area contributed by atoms with Gasteiger partial charge >= 0.3 is 5.97 Å². The minimum Gasteiger partial charge on any atom is -0.492 e. The Morgan fingerprint density at radius 2 is 2.19 bits per heavy atom. The molecule has 0 fully saturated rings. The minimum absolute atomic E-state index is 0.161. The molecule has 0 aliphatic rings. The zero-order valence-corrected chi connectivity index (χ0v) is 9.54. The average Bonchev–Trinajstić information content (AvgIpc) is 2.22. The minimum atomic E-state index is -0.790. The van der Waals surface area contributed by atoms with Gasteiger partial charge in [-0.1, -0.05) is 11.6 Å². The molecule has 1 aromatic rings. The number of nitrogen functional groups attached to an aromatic ring is 1. The van der Waals surface area contributed by atoms with Crippen molar-refractivity contribution < 1.29 is 14.6 Å². The molecule has 0 aliphatic carbocycles. The first-order chi connectivity index (χ1) is 7.59. The highest BCUT2D eigenvalue weighted by Crippen LogP contribution is 2.26. The molecule has 0 spiro atoms. The first-order valence-electron chi connectivity index (χ1n) is 4.99. The van der Waals surface area contributed by atoms with Crippen LogP contribution in [0.1, 0.15) is 19.3 Å².